The zero-order valence-electron chi connectivity index (χ0n) is 9.78. The maximum absolute atomic E-state index is 13.5. The highest BCUT2D eigenvalue weighted by Crippen LogP contribution is 2.25. The van der Waals surface area contributed by atoms with Gasteiger partial charge in [0.1, 0.15) is 5.82 Å². The molecule has 0 bridgehead atoms. The molecule has 0 radical (unpaired) electrons. The normalized spacial score (nSPS) is 10.0. The molecule has 0 fully saturated rings. The molecule has 0 aliphatic rings. The number of benzene rings is 2. The van der Waals surface area contributed by atoms with E-state index in [9.17, 15) is 9.18 Å². The number of hydrogen-bond donors (Lipinski definition) is 3. The third-order valence-electron chi connectivity index (χ3n) is 2.37. The van der Waals surface area contributed by atoms with Crippen molar-refractivity contribution in [2.45, 2.75) is 0 Å². The molecule has 0 aromatic heterocycles. The van der Waals surface area contributed by atoms with E-state index < -0.39 is 11.8 Å². The molecule has 6 heteroatoms. The second kappa shape index (κ2) is 5.71. The lowest BCUT2D eigenvalue weighted by Gasteiger charge is -2.10. The van der Waals surface area contributed by atoms with Crippen LogP contribution < -0.4 is 16.4 Å². The molecule has 2 aromatic rings. The van der Waals surface area contributed by atoms with Crippen LogP contribution >= 0.6 is 15.9 Å². The molecule has 4 nitrogen and oxygen atoms in total. The molecule has 0 aliphatic carbocycles. The highest BCUT2D eigenvalue weighted by molar-refractivity contribution is 9.10. The maximum Gasteiger partial charge on any atom is 0.323 e. The third kappa shape index (κ3) is 3.45. The zero-order valence-corrected chi connectivity index (χ0v) is 11.4. The first-order valence-electron chi connectivity index (χ1n) is 5.44. The van der Waals surface area contributed by atoms with Gasteiger partial charge in [-0.05, 0) is 52.3 Å². The van der Waals surface area contributed by atoms with Crippen LogP contribution in [0.15, 0.2) is 46.9 Å². The minimum atomic E-state index is -0.532. The van der Waals surface area contributed by atoms with E-state index in [1.54, 1.807) is 36.4 Å². The molecule has 0 unspecified atom stereocenters. The van der Waals surface area contributed by atoms with E-state index in [1.807, 2.05) is 0 Å². The van der Waals surface area contributed by atoms with Gasteiger partial charge in [-0.25, -0.2) is 9.18 Å². The Morgan fingerprint density at radius 1 is 1.11 bits per heavy atom. The number of halogens is 2. The van der Waals surface area contributed by atoms with E-state index in [0.29, 0.717) is 15.8 Å². The summed E-state index contributed by atoms with van der Waals surface area (Å²) in [6, 6.07) is 10.6. The number of amides is 2. The standard InChI is InChI=1S/C13H11BrFN3O/c14-10-2-1-3-11(15)12(10)18-13(19)17-9-6-4-8(16)5-7-9/h1-7H,16H2,(H2,17,18,19). The average Bonchev–Trinajstić information content (AvgIpc) is 2.37. The summed E-state index contributed by atoms with van der Waals surface area (Å²) in [5.41, 5.74) is 6.80. The Morgan fingerprint density at radius 2 is 1.79 bits per heavy atom. The van der Waals surface area contributed by atoms with Gasteiger partial charge in [0.05, 0.1) is 5.69 Å². The number of urea groups is 1. The Kier molecular flexibility index (Phi) is 4.01. The van der Waals surface area contributed by atoms with Crippen LogP contribution in [0.3, 0.4) is 0 Å². The third-order valence-corrected chi connectivity index (χ3v) is 3.03. The molecule has 2 rings (SSSR count). The Hall–Kier alpha value is -2.08. The number of hydrogen-bond acceptors (Lipinski definition) is 2. The summed E-state index contributed by atoms with van der Waals surface area (Å²) in [6.45, 7) is 0. The lowest BCUT2D eigenvalue weighted by atomic mass is 10.3. The highest BCUT2D eigenvalue weighted by atomic mass is 79.9. The fourth-order valence-electron chi connectivity index (χ4n) is 1.46. The van der Waals surface area contributed by atoms with Crippen molar-refractivity contribution in [2.75, 3.05) is 16.4 Å². The van der Waals surface area contributed by atoms with Crippen molar-refractivity contribution in [3.8, 4) is 0 Å². The Morgan fingerprint density at radius 3 is 2.42 bits per heavy atom. The fourth-order valence-corrected chi connectivity index (χ4v) is 1.90. The lowest BCUT2D eigenvalue weighted by molar-refractivity contribution is 0.262. The summed E-state index contributed by atoms with van der Waals surface area (Å²) in [5, 5.41) is 5.02. The van der Waals surface area contributed by atoms with Crippen LogP contribution in [0.25, 0.3) is 0 Å². The summed E-state index contributed by atoms with van der Waals surface area (Å²) in [7, 11) is 0. The van der Waals surface area contributed by atoms with Crippen LogP contribution in [0.5, 0.6) is 0 Å². The topological polar surface area (TPSA) is 67.1 Å². The molecule has 19 heavy (non-hydrogen) atoms. The summed E-state index contributed by atoms with van der Waals surface area (Å²) in [5.74, 6) is -0.512. The van der Waals surface area contributed by atoms with E-state index in [0.717, 1.165) is 0 Å². The molecule has 2 aromatic carbocycles. The molecule has 0 aliphatic heterocycles. The number of anilines is 3. The SMILES string of the molecule is Nc1ccc(NC(=O)Nc2c(F)cccc2Br)cc1. The van der Waals surface area contributed by atoms with Gasteiger partial charge in [-0.1, -0.05) is 6.07 Å². The van der Waals surface area contributed by atoms with Gasteiger partial charge in [0.15, 0.2) is 0 Å². The van der Waals surface area contributed by atoms with Crippen molar-refractivity contribution in [1.29, 1.82) is 0 Å². The van der Waals surface area contributed by atoms with Crippen LogP contribution in [0.1, 0.15) is 0 Å². The largest absolute Gasteiger partial charge is 0.399 e. The van der Waals surface area contributed by atoms with Crippen LogP contribution in [0.2, 0.25) is 0 Å². The molecule has 0 saturated carbocycles. The molecule has 0 saturated heterocycles. The second-order valence-electron chi connectivity index (χ2n) is 3.80. The van der Waals surface area contributed by atoms with E-state index in [1.165, 1.54) is 6.07 Å². The van der Waals surface area contributed by atoms with Gasteiger partial charge in [0.2, 0.25) is 0 Å². The quantitative estimate of drug-likeness (QED) is 0.735. The van der Waals surface area contributed by atoms with Crippen molar-refractivity contribution in [2.24, 2.45) is 0 Å². The van der Waals surface area contributed by atoms with Gasteiger partial charge in [0.25, 0.3) is 0 Å². The average molecular weight is 324 g/mol. The van der Waals surface area contributed by atoms with Crippen molar-refractivity contribution in [3.05, 3.63) is 52.8 Å². The van der Waals surface area contributed by atoms with Gasteiger partial charge < -0.3 is 16.4 Å². The predicted molar refractivity (Wildman–Crippen MR) is 77.6 cm³/mol. The number of para-hydroxylation sites is 1. The monoisotopic (exact) mass is 323 g/mol. The van der Waals surface area contributed by atoms with Crippen LogP contribution in [0.4, 0.5) is 26.2 Å². The number of carbonyl (C=O) groups is 1. The van der Waals surface area contributed by atoms with Crippen LogP contribution in [-0.2, 0) is 0 Å². The lowest BCUT2D eigenvalue weighted by Crippen LogP contribution is -2.20. The fraction of sp³-hybridized carbons (Fsp3) is 0. The van der Waals surface area contributed by atoms with E-state index >= 15 is 0 Å². The van der Waals surface area contributed by atoms with Gasteiger partial charge >= 0.3 is 6.03 Å². The minimum Gasteiger partial charge on any atom is -0.399 e. The van der Waals surface area contributed by atoms with Crippen molar-refractivity contribution in [3.63, 3.8) is 0 Å². The first-order chi connectivity index (χ1) is 9.06. The van der Waals surface area contributed by atoms with E-state index in [-0.39, 0.29) is 5.69 Å². The number of rotatable bonds is 2. The van der Waals surface area contributed by atoms with Crippen molar-refractivity contribution < 1.29 is 9.18 Å². The van der Waals surface area contributed by atoms with Crippen molar-refractivity contribution in [1.82, 2.24) is 0 Å². The molecular formula is C13H11BrFN3O. The molecule has 2 amide bonds. The second-order valence-corrected chi connectivity index (χ2v) is 4.65. The Labute approximate surface area is 117 Å². The summed E-state index contributed by atoms with van der Waals surface area (Å²) >= 11 is 3.17. The first-order valence-corrected chi connectivity index (χ1v) is 6.23. The first kappa shape index (κ1) is 13.4. The number of nitrogens with two attached hydrogens (primary N) is 1. The summed E-state index contributed by atoms with van der Waals surface area (Å²) in [4.78, 5) is 11.7. The highest BCUT2D eigenvalue weighted by Gasteiger charge is 2.10. The number of nitrogen functional groups attached to an aromatic ring is 1. The van der Waals surface area contributed by atoms with Crippen molar-refractivity contribution >= 4 is 39.0 Å². The maximum atomic E-state index is 13.5. The van der Waals surface area contributed by atoms with Gasteiger partial charge in [-0.3, -0.25) is 0 Å². The number of carbonyl (C=O) groups excluding carboxylic acids is 1. The predicted octanol–water partition coefficient (Wildman–Crippen LogP) is 3.81. The summed E-state index contributed by atoms with van der Waals surface area (Å²) < 4.78 is 14.0. The summed E-state index contributed by atoms with van der Waals surface area (Å²) in [6.07, 6.45) is 0. The molecular weight excluding hydrogens is 313 g/mol. The Balaban J connectivity index is 2.07. The molecule has 4 N–H and O–H groups in total. The van der Waals surface area contributed by atoms with E-state index in [4.69, 9.17) is 5.73 Å². The van der Waals surface area contributed by atoms with Crippen LogP contribution in [-0.4, -0.2) is 6.03 Å². The zero-order chi connectivity index (χ0) is 13.8. The number of nitrogens with one attached hydrogen (secondary N) is 2. The van der Waals surface area contributed by atoms with Gasteiger partial charge in [-0.2, -0.15) is 0 Å². The minimum absolute atomic E-state index is 0.0930. The smallest absolute Gasteiger partial charge is 0.323 e. The van der Waals surface area contributed by atoms with Crippen LogP contribution in [0, 0.1) is 5.82 Å². The van der Waals surface area contributed by atoms with E-state index in [2.05, 4.69) is 26.6 Å². The van der Waals surface area contributed by atoms with Gasteiger partial charge in [0, 0.05) is 15.8 Å². The molecule has 0 spiro atoms. The molecule has 98 valence electrons. The van der Waals surface area contributed by atoms with Gasteiger partial charge in [-0.15, -0.1) is 0 Å². The molecule has 0 atom stereocenters. The molecule has 0 heterocycles. The Bertz CT molecular complexity index is 581.